The van der Waals surface area contributed by atoms with Gasteiger partial charge in [-0.3, -0.25) is 14.4 Å². The quantitative estimate of drug-likeness (QED) is 0.0261. The van der Waals surface area contributed by atoms with E-state index in [1.165, 1.54) is 218 Å². The van der Waals surface area contributed by atoms with Crippen LogP contribution in [0.5, 0.6) is 0 Å². The van der Waals surface area contributed by atoms with Crippen LogP contribution in [0.1, 0.15) is 348 Å². The summed E-state index contributed by atoms with van der Waals surface area (Å²) in [6, 6.07) is 0. The second kappa shape index (κ2) is 62.9. The van der Waals surface area contributed by atoms with E-state index in [2.05, 4.69) is 69.4 Å². The highest BCUT2D eigenvalue weighted by atomic mass is 16.6. The van der Waals surface area contributed by atoms with Crippen LogP contribution in [-0.2, 0) is 28.6 Å². The van der Waals surface area contributed by atoms with Crippen LogP contribution in [-0.4, -0.2) is 37.2 Å². The number of ether oxygens (including phenoxy) is 3. The van der Waals surface area contributed by atoms with Crippen LogP contribution in [0.4, 0.5) is 0 Å². The molecule has 6 heteroatoms. The smallest absolute Gasteiger partial charge is 0.306 e. The van der Waals surface area contributed by atoms with Gasteiger partial charge in [0.25, 0.3) is 0 Å². The van der Waals surface area contributed by atoms with E-state index in [4.69, 9.17) is 14.2 Å². The number of hydrogen-bond acceptors (Lipinski definition) is 6. The van der Waals surface area contributed by atoms with Gasteiger partial charge in [-0.2, -0.15) is 0 Å². The number of hydrogen-bond donors (Lipinski definition) is 0. The lowest BCUT2D eigenvalue weighted by Gasteiger charge is -2.18. The van der Waals surface area contributed by atoms with E-state index < -0.39 is 6.10 Å². The van der Waals surface area contributed by atoms with Crippen LogP contribution < -0.4 is 0 Å². The van der Waals surface area contributed by atoms with Gasteiger partial charge in [-0.15, -0.1) is 0 Å². The Morgan fingerprint density at radius 3 is 0.797 bits per heavy atom. The van der Waals surface area contributed by atoms with Gasteiger partial charge in [0.1, 0.15) is 13.2 Å². The number of unbranched alkanes of at least 4 members (excludes halogenated alkanes) is 41. The molecular formula is C68H124O6. The first-order chi connectivity index (χ1) is 36.5. The summed E-state index contributed by atoms with van der Waals surface area (Å²) in [5, 5.41) is 0. The summed E-state index contributed by atoms with van der Waals surface area (Å²) in [7, 11) is 0. The van der Waals surface area contributed by atoms with Gasteiger partial charge in [-0.05, 0) is 83.5 Å². The fraction of sp³-hybridized carbons (Fsp3) is 0.838. The minimum Gasteiger partial charge on any atom is -0.462 e. The van der Waals surface area contributed by atoms with Gasteiger partial charge >= 0.3 is 17.9 Å². The number of esters is 3. The van der Waals surface area contributed by atoms with Crippen molar-refractivity contribution in [1.82, 2.24) is 0 Å². The molecule has 0 aliphatic rings. The van der Waals surface area contributed by atoms with E-state index in [0.717, 1.165) is 89.9 Å². The van der Waals surface area contributed by atoms with Gasteiger partial charge in [0.2, 0.25) is 0 Å². The molecule has 0 bridgehead atoms. The number of allylic oxidation sites excluding steroid dienone is 8. The van der Waals surface area contributed by atoms with Crippen LogP contribution in [0.2, 0.25) is 0 Å². The fourth-order valence-corrected chi connectivity index (χ4v) is 9.62. The first-order valence-electron chi connectivity index (χ1n) is 32.6. The van der Waals surface area contributed by atoms with Gasteiger partial charge < -0.3 is 14.2 Å². The molecule has 1 unspecified atom stereocenters. The zero-order chi connectivity index (χ0) is 53.6. The van der Waals surface area contributed by atoms with Gasteiger partial charge in [-0.25, -0.2) is 0 Å². The lowest BCUT2D eigenvalue weighted by molar-refractivity contribution is -0.167. The zero-order valence-electron chi connectivity index (χ0n) is 49.6. The van der Waals surface area contributed by atoms with Crippen molar-refractivity contribution in [2.45, 2.75) is 354 Å². The summed E-state index contributed by atoms with van der Waals surface area (Å²) in [5.41, 5.74) is 0. The SMILES string of the molecule is CCCCC/C=C\C/C=C\C/C=C\CCCCCCCCC(=O)OC(COC(=O)CCCCCCC/C=C\CCCCC)COC(=O)CCCCCCCCCCCCCCCCCCCCCCCCCCC. The Kier molecular flexibility index (Phi) is 60.7. The van der Waals surface area contributed by atoms with E-state index in [0.29, 0.717) is 19.3 Å². The van der Waals surface area contributed by atoms with Crippen molar-refractivity contribution in [2.24, 2.45) is 0 Å². The summed E-state index contributed by atoms with van der Waals surface area (Å²) in [4.78, 5) is 38.3. The summed E-state index contributed by atoms with van der Waals surface area (Å²) < 4.78 is 16.9. The summed E-state index contributed by atoms with van der Waals surface area (Å²) in [5.74, 6) is -0.880. The molecule has 0 radical (unpaired) electrons. The Bertz CT molecular complexity index is 1280. The second-order valence-electron chi connectivity index (χ2n) is 22.0. The number of carbonyl (C=O) groups is 3. The Morgan fingerprint density at radius 2 is 0.486 bits per heavy atom. The Labute approximate surface area is 460 Å². The van der Waals surface area contributed by atoms with Crippen LogP contribution >= 0.6 is 0 Å². The van der Waals surface area contributed by atoms with Crippen LogP contribution in [0.3, 0.4) is 0 Å². The fourth-order valence-electron chi connectivity index (χ4n) is 9.62. The molecule has 432 valence electrons. The van der Waals surface area contributed by atoms with Crippen LogP contribution in [0, 0.1) is 0 Å². The van der Waals surface area contributed by atoms with E-state index >= 15 is 0 Å². The average molecular weight is 1040 g/mol. The van der Waals surface area contributed by atoms with E-state index in [9.17, 15) is 14.4 Å². The highest BCUT2D eigenvalue weighted by molar-refractivity contribution is 5.71. The molecule has 0 aromatic carbocycles. The molecule has 0 heterocycles. The van der Waals surface area contributed by atoms with E-state index in [-0.39, 0.29) is 31.1 Å². The molecule has 0 aromatic rings. The Hall–Kier alpha value is -2.63. The molecule has 0 aliphatic heterocycles. The predicted octanol–water partition coefficient (Wildman–Crippen LogP) is 22.2. The molecule has 0 amide bonds. The molecular weight excluding hydrogens is 913 g/mol. The van der Waals surface area contributed by atoms with Crippen molar-refractivity contribution in [2.75, 3.05) is 13.2 Å². The molecule has 0 saturated heterocycles. The lowest BCUT2D eigenvalue weighted by atomic mass is 10.0. The molecule has 0 aliphatic carbocycles. The summed E-state index contributed by atoms with van der Waals surface area (Å²) >= 11 is 0. The molecule has 0 N–H and O–H groups in total. The average Bonchev–Trinajstić information content (AvgIpc) is 3.40. The van der Waals surface area contributed by atoms with Gasteiger partial charge in [0, 0.05) is 19.3 Å². The number of carbonyl (C=O) groups excluding carboxylic acids is 3. The molecule has 74 heavy (non-hydrogen) atoms. The predicted molar refractivity (Wildman–Crippen MR) is 321 cm³/mol. The maximum Gasteiger partial charge on any atom is 0.306 e. The molecule has 1 atom stereocenters. The van der Waals surface area contributed by atoms with Gasteiger partial charge in [-0.1, -0.05) is 294 Å². The van der Waals surface area contributed by atoms with Crippen molar-refractivity contribution in [3.63, 3.8) is 0 Å². The molecule has 0 fully saturated rings. The van der Waals surface area contributed by atoms with Crippen LogP contribution in [0.15, 0.2) is 48.6 Å². The largest absolute Gasteiger partial charge is 0.462 e. The van der Waals surface area contributed by atoms with Crippen molar-refractivity contribution in [3.8, 4) is 0 Å². The van der Waals surface area contributed by atoms with E-state index in [1.807, 2.05) is 0 Å². The van der Waals surface area contributed by atoms with Gasteiger partial charge in [0.05, 0.1) is 0 Å². The first kappa shape index (κ1) is 71.4. The third kappa shape index (κ3) is 60.2. The topological polar surface area (TPSA) is 78.9 Å². The minimum atomic E-state index is -0.782. The van der Waals surface area contributed by atoms with Crippen molar-refractivity contribution < 1.29 is 28.6 Å². The molecule has 0 spiro atoms. The van der Waals surface area contributed by atoms with Crippen molar-refractivity contribution in [1.29, 1.82) is 0 Å². The Balaban J connectivity index is 4.25. The summed E-state index contributed by atoms with van der Waals surface area (Å²) in [6.45, 7) is 6.62. The van der Waals surface area contributed by atoms with Crippen LogP contribution in [0.25, 0.3) is 0 Å². The highest BCUT2D eigenvalue weighted by Crippen LogP contribution is 2.18. The third-order valence-corrected chi connectivity index (χ3v) is 14.6. The highest BCUT2D eigenvalue weighted by Gasteiger charge is 2.19. The maximum absolute atomic E-state index is 12.9. The lowest BCUT2D eigenvalue weighted by Crippen LogP contribution is -2.30. The van der Waals surface area contributed by atoms with E-state index in [1.54, 1.807) is 0 Å². The zero-order valence-corrected chi connectivity index (χ0v) is 49.6. The maximum atomic E-state index is 12.9. The van der Waals surface area contributed by atoms with Crippen molar-refractivity contribution >= 4 is 17.9 Å². The number of rotatable bonds is 60. The van der Waals surface area contributed by atoms with Crippen molar-refractivity contribution in [3.05, 3.63) is 48.6 Å². The minimum absolute atomic E-state index is 0.0778. The summed E-state index contributed by atoms with van der Waals surface area (Å²) in [6.07, 6.45) is 78.4. The standard InChI is InChI=1S/C68H124O6/c1-4-7-10-13-16-19-22-25-27-29-31-32-33-34-35-36-38-39-41-43-46-49-52-55-58-61-67(70)73-64-65(63-72-66(69)60-57-54-51-48-45-24-21-18-15-12-9-6-3)74-68(71)62-59-56-53-50-47-44-42-40-37-30-28-26-23-20-17-14-11-8-5-2/h17-18,20-21,26,28,37,40,65H,4-16,19,22-25,27,29-36,38-39,41-64H2,1-3H3/b20-17-,21-18-,28-26-,40-37-. The second-order valence-corrected chi connectivity index (χ2v) is 22.0. The molecule has 6 nitrogen and oxygen atoms in total. The Morgan fingerprint density at radius 1 is 0.270 bits per heavy atom. The normalized spacial score (nSPS) is 12.3. The molecule has 0 saturated carbocycles. The monoisotopic (exact) mass is 1040 g/mol. The molecule has 0 aromatic heterocycles. The molecule has 0 rings (SSSR count). The van der Waals surface area contributed by atoms with Gasteiger partial charge in [0.15, 0.2) is 6.10 Å². The third-order valence-electron chi connectivity index (χ3n) is 14.6. The first-order valence-corrected chi connectivity index (χ1v) is 32.6.